The van der Waals surface area contributed by atoms with Gasteiger partial charge >= 0.3 is 0 Å². The van der Waals surface area contributed by atoms with Crippen molar-refractivity contribution >= 4 is 5.82 Å². The first kappa shape index (κ1) is 9.37. The third-order valence-electron chi connectivity index (χ3n) is 2.46. The zero-order valence-corrected chi connectivity index (χ0v) is 7.95. The van der Waals surface area contributed by atoms with E-state index in [1.165, 1.54) is 0 Å². The van der Waals surface area contributed by atoms with Crippen LogP contribution in [0.15, 0.2) is 18.2 Å². The summed E-state index contributed by atoms with van der Waals surface area (Å²) in [6.45, 7) is 2.75. The van der Waals surface area contributed by atoms with Gasteiger partial charge in [0.1, 0.15) is 5.82 Å². The lowest BCUT2D eigenvalue weighted by atomic mass is 10.0. The highest BCUT2D eigenvalue weighted by molar-refractivity contribution is 5.42. The van der Waals surface area contributed by atoms with Crippen molar-refractivity contribution in [3.8, 4) is 0 Å². The summed E-state index contributed by atoms with van der Waals surface area (Å²) < 4.78 is 24.4. The zero-order valence-electron chi connectivity index (χ0n) is 7.95. The van der Waals surface area contributed by atoms with Gasteiger partial charge in [-0.3, -0.25) is 0 Å². The molecular formula is C10H12F2N2. The number of halogens is 2. The second kappa shape index (κ2) is 3.52. The van der Waals surface area contributed by atoms with E-state index in [2.05, 4.69) is 4.98 Å². The summed E-state index contributed by atoms with van der Waals surface area (Å²) in [6.07, 6.45) is -2.20. The number of nitrogens with zero attached hydrogens (tertiary/aromatic N) is 2. The summed E-state index contributed by atoms with van der Waals surface area (Å²) in [5.74, 6) is 0.333. The second-order valence-electron chi connectivity index (χ2n) is 3.64. The molecule has 0 amide bonds. The molecule has 0 aliphatic carbocycles. The van der Waals surface area contributed by atoms with Gasteiger partial charge in [-0.2, -0.15) is 0 Å². The Kier molecular flexibility index (Phi) is 2.35. The lowest BCUT2D eigenvalue weighted by molar-refractivity contribution is 0.0611. The Bertz CT molecular complexity index is 322. The Balaban J connectivity index is 2.00. The van der Waals surface area contributed by atoms with Crippen LogP contribution >= 0.6 is 0 Å². The molecule has 0 N–H and O–H groups in total. The first-order valence-corrected chi connectivity index (χ1v) is 4.63. The maximum Gasteiger partial charge on any atom is 0.244 e. The minimum atomic E-state index is -2.20. The number of alkyl halides is 2. The predicted molar refractivity (Wildman–Crippen MR) is 50.7 cm³/mol. The molecule has 0 spiro atoms. The summed E-state index contributed by atoms with van der Waals surface area (Å²) in [4.78, 5) is 6.15. The van der Waals surface area contributed by atoms with Crippen molar-refractivity contribution in [2.24, 2.45) is 5.92 Å². The van der Waals surface area contributed by atoms with E-state index < -0.39 is 12.3 Å². The quantitative estimate of drug-likeness (QED) is 0.723. The zero-order chi connectivity index (χ0) is 10.1. The third kappa shape index (κ3) is 1.69. The number of rotatable bonds is 2. The average Bonchev–Trinajstić information content (AvgIpc) is 2.00. The SMILES string of the molecule is Cc1cccc(N2CC(C(F)F)C2)n1. The molecule has 2 heterocycles. The normalized spacial score (nSPS) is 17.3. The molecule has 0 unspecified atom stereocenters. The van der Waals surface area contributed by atoms with Gasteiger partial charge in [0.05, 0.1) is 5.92 Å². The number of hydrogen-bond acceptors (Lipinski definition) is 2. The van der Waals surface area contributed by atoms with Gasteiger partial charge in [-0.15, -0.1) is 0 Å². The van der Waals surface area contributed by atoms with Crippen LogP contribution in [0.3, 0.4) is 0 Å². The van der Waals surface area contributed by atoms with Crippen LogP contribution in [0.2, 0.25) is 0 Å². The summed E-state index contributed by atoms with van der Waals surface area (Å²) in [5, 5.41) is 0. The van der Waals surface area contributed by atoms with E-state index in [1.54, 1.807) is 0 Å². The molecule has 0 saturated carbocycles. The minimum Gasteiger partial charge on any atom is -0.355 e. The average molecular weight is 198 g/mol. The first-order valence-electron chi connectivity index (χ1n) is 4.63. The van der Waals surface area contributed by atoms with Crippen molar-refractivity contribution in [3.05, 3.63) is 23.9 Å². The van der Waals surface area contributed by atoms with Gasteiger partial charge in [-0.1, -0.05) is 6.07 Å². The number of aromatic nitrogens is 1. The number of pyridine rings is 1. The standard InChI is InChI=1S/C10H12F2N2/c1-7-3-2-4-9(13-7)14-5-8(6-14)10(11)12/h2-4,8,10H,5-6H2,1H3. The lowest BCUT2D eigenvalue weighted by Gasteiger charge is -2.39. The van der Waals surface area contributed by atoms with Crippen LogP contribution in [0.25, 0.3) is 0 Å². The maximum atomic E-state index is 12.2. The molecule has 1 saturated heterocycles. The Hall–Kier alpha value is -1.19. The lowest BCUT2D eigenvalue weighted by Crippen LogP contribution is -2.50. The summed E-state index contributed by atoms with van der Waals surface area (Å²) in [7, 11) is 0. The van der Waals surface area contributed by atoms with E-state index in [0.717, 1.165) is 11.5 Å². The van der Waals surface area contributed by atoms with E-state index >= 15 is 0 Å². The second-order valence-corrected chi connectivity index (χ2v) is 3.64. The summed E-state index contributed by atoms with van der Waals surface area (Å²) in [5.41, 5.74) is 0.919. The van der Waals surface area contributed by atoms with Crippen molar-refractivity contribution in [2.75, 3.05) is 18.0 Å². The van der Waals surface area contributed by atoms with Crippen LogP contribution in [-0.2, 0) is 0 Å². The van der Waals surface area contributed by atoms with Crippen LogP contribution in [0, 0.1) is 12.8 Å². The molecule has 76 valence electrons. The Morgan fingerprint density at radius 3 is 2.71 bits per heavy atom. The third-order valence-corrected chi connectivity index (χ3v) is 2.46. The first-order chi connectivity index (χ1) is 6.66. The molecule has 4 heteroatoms. The van der Waals surface area contributed by atoms with Crippen LogP contribution in [-0.4, -0.2) is 24.5 Å². The maximum absolute atomic E-state index is 12.2. The predicted octanol–water partition coefficient (Wildman–Crippen LogP) is 2.09. The minimum absolute atomic E-state index is 0.425. The van der Waals surface area contributed by atoms with Crippen molar-refractivity contribution in [2.45, 2.75) is 13.3 Å². The van der Waals surface area contributed by atoms with Crippen molar-refractivity contribution in [1.29, 1.82) is 0 Å². The molecule has 14 heavy (non-hydrogen) atoms. The van der Waals surface area contributed by atoms with Gasteiger partial charge in [0.2, 0.25) is 6.43 Å². The molecule has 1 aliphatic rings. The van der Waals surface area contributed by atoms with E-state index in [1.807, 2.05) is 30.0 Å². The highest BCUT2D eigenvalue weighted by Gasteiger charge is 2.34. The van der Waals surface area contributed by atoms with E-state index in [9.17, 15) is 8.78 Å². The van der Waals surface area contributed by atoms with E-state index in [-0.39, 0.29) is 0 Å². The fourth-order valence-corrected chi connectivity index (χ4v) is 1.56. The van der Waals surface area contributed by atoms with Gasteiger partial charge in [0.15, 0.2) is 0 Å². The van der Waals surface area contributed by atoms with Gasteiger partial charge in [0, 0.05) is 18.8 Å². The molecule has 2 rings (SSSR count). The smallest absolute Gasteiger partial charge is 0.244 e. The van der Waals surface area contributed by atoms with Gasteiger partial charge in [0.25, 0.3) is 0 Å². The van der Waals surface area contributed by atoms with Gasteiger partial charge in [-0.05, 0) is 19.1 Å². The highest BCUT2D eigenvalue weighted by Crippen LogP contribution is 2.26. The van der Waals surface area contributed by atoms with E-state index in [0.29, 0.717) is 13.1 Å². The Morgan fingerprint density at radius 1 is 1.43 bits per heavy atom. The fraction of sp³-hybridized carbons (Fsp3) is 0.500. The molecule has 1 aromatic rings. The topological polar surface area (TPSA) is 16.1 Å². The monoisotopic (exact) mass is 198 g/mol. The molecule has 1 aliphatic heterocycles. The van der Waals surface area contributed by atoms with Crippen molar-refractivity contribution < 1.29 is 8.78 Å². The highest BCUT2D eigenvalue weighted by atomic mass is 19.3. The van der Waals surface area contributed by atoms with Crippen LogP contribution in [0.4, 0.5) is 14.6 Å². The molecule has 2 nitrogen and oxygen atoms in total. The molecule has 1 fully saturated rings. The van der Waals surface area contributed by atoms with Crippen LogP contribution in [0.1, 0.15) is 5.69 Å². The number of anilines is 1. The molecule has 1 aromatic heterocycles. The molecule has 0 atom stereocenters. The van der Waals surface area contributed by atoms with Gasteiger partial charge < -0.3 is 4.90 Å². The van der Waals surface area contributed by atoms with Crippen molar-refractivity contribution in [3.63, 3.8) is 0 Å². The summed E-state index contributed by atoms with van der Waals surface area (Å²) in [6, 6.07) is 5.65. The molecule has 0 bridgehead atoms. The van der Waals surface area contributed by atoms with E-state index in [4.69, 9.17) is 0 Å². The van der Waals surface area contributed by atoms with Gasteiger partial charge in [-0.25, -0.2) is 13.8 Å². The molecular weight excluding hydrogens is 186 g/mol. The van der Waals surface area contributed by atoms with Crippen LogP contribution < -0.4 is 4.90 Å². The Labute approximate surface area is 81.6 Å². The Morgan fingerprint density at radius 2 is 2.14 bits per heavy atom. The molecule has 0 radical (unpaired) electrons. The number of hydrogen-bond donors (Lipinski definition) is 0. The van der Waals surface area contributed by atoms with Crippen LogP contribution in [0.5, 0.6) is 0 Å². The summed E-state index contributed by atoms with van der Waals surface area (Å²) >= 11 is 0. The largest absolute Gasteiger partial charge is 0.355 e. The van der Waals surface area contributed by atoms with Crippen molar-refractivity contribution in [1.82, 2.24) is 4.98 Å². The fourth-order valence-electron chi connectivity index (χ4n) is 1.56. The molecule has 0 aromatic carbocycles. The number of aryl methyl sites for hydroxylation is 1.